The Morgan fingerprint density at radius 1 is 1.31 bits per heavy atom. The number of esters is 1. The lowest BCUT2D eigenvalue weighted by Crippen LogP contribution is -2.42. The minimum absolute atomic E-state index is 0.0102. The molecule has 1 aromatic carbocycles. The molecule has 3 aliphatic heterocycles. The van der Waals surface area contributed by atoms with Crippen LogP contribution in [0.1, 0.15) is 24.8 Å². The monoisotopic (exact) mass is 399 g/mol. The third-order valence-corrected chi connectivity index (χ3v) is 5.79. The van der Waals surface area contributed by atoms with Crippen molar-refractivity contribution in [3.05, 3.63) is 23.8 Å². The van der Waals surface area contributed by atoms with Gasteiger partial charge < -0.3 is 19.1 Å². The normalized spacial score (nSPS) is 25.9. The second-order valence-electron chi connectivity index (χ2n) is 7.74. The summed E-state index contributed by atoms with van der Waals surface area (Å²) < 4.78 is 16.5. The number of hydrogen-bond donors (Lipinski definition) is 0. The molecule has 0 saturated carbocycles. The first-order chi connectivity index (χ1) is 14.1. The van der Waals surface area contributed by atoms with Crippen LogP contribution in [-0.4, -0.2) is 73.2 Å². The maximum absolute atomic E-state index is 12.5. The van der Waals surface area contributed by atoms with Gasteiger partial charge in [0.1, 0.15) is 23.6 Å². The molecule has 154 valence electrons. The van der Waals surface area contributed by atoms with Gasteiger partial charge in [-0.15, -0.1) is 0 Å². The van der Waals surface area contributed by atoms with E-state index in [0.29, 0.717) is 37.6 Å². The average molecular weight is 399 g/mol. The van der Waals surface area contributed by atoms with E-state index in [2.05, 4.69) is 11.0 Å². The topological polar surface area (TPSA) is 92.1 Å². The van der Waals surface area contributed by atoms with Gasteiger partial charge in [-0.25, -0.2) is 4.79 Å². The summed E-state index contributed by atoms with van der Waals surface area (Å²) in [5.74, 6) is 0.988. The summed E-state index contributed by atoms with van der Waals surface area (Å²) in [6.45, 7) is 2.45. The maximum Gasteiger partial charge on any atom is 0.347 e. The molecule has 3 aliphatic rings. The molecule has 1 aromatic rings. The SMILES string of the molecule is COC(=O)C1Cc2ccc(OC3CCN(CC(=O)N4CCCC4C#N)C3)cc2O1. The van der Waals surface area contributed by atoms with Crippen LogP contribution in [0.25, 0.3) is 0 Å². The molecule has 3 heterocycles. The number of fused-ring (bicyclic) bond motifs is 1. The van der Waals surface area contributed by atoms with Crippen molar-refractivity contribution >= 4 is 11.9 Å². The number of nitriles is 1. The van der Waals surface area contributed by atoms with Crippen LogP contribution >= 0.6 is 0 Å². The maximum atomic E-state index is 12.5. The zero-order chi connectivity index (χ0) is 20.4. The second-order valence-corrected chi connectivity index (χ2v) is 7.74. The quantitative estimate of drug-likeness (QED) is 0.686. The molecule has 0 aliphatic carbocycles. The van der Waals surface area contributed by atoms with Gasteiger partial charge in [0.15, 0.2) is 6.10 Å². The van der Waals surface area contributed by atoms with Gasteiger partial charge >= 0.3 is 5.97 Å². The summed E-state index contributed by atoms with van der Waals surface area (Å²) in [5, 5.41) is 9.17. The number of rotatable bonds is 5. The lowest BCUT2D eigenvalue weighted by Gasteiger charge is -2.23. The number of hydrogen-bond acceptors (Lipinski definition) is 7. The van der Waals surface area contributed by atoms with Crippen LogP contribution < -0.4 is 9.47 Å². The molecule has 0 spiro atoms. The summed E-state index contributed by atoms with van der Waals surface area (Å²) in [6.07, 6.45) is 2.39. The van der Waals surface area contributed by atoms with Gasteiger partial charge in [-0.3, -0.25) is 9.69 Å². The minimum Gasteiger partial charge on any atom is -0.489 e. The number of nitrogens with zero attached hydrogens (tertiary/aromatic N) is 3. The summed E-state index contributed by atoms with van der Waals surface area (Å²) in [6, 6.07) is 7.55. The molecule has 4 rings (SSSR count). The van der Waals surface area contributed by atoms with E-state index < -0.39 is 6.10 Å². The smallest absolute Gasteiger partial charge is 0.347 e. The van der Waals surface area contributed by atoms with Crippen molar-refractivity contribution in [1.29, 1.82) is 5.26 Å². The van der Waals surface area contributed by atoms with Crippen LogP contribution in [0.2, 0.25) is 0 Å². The number of likely N-dealkylation sites (tertiary alicyclic amines) is 2. The van der Waals surface area contributed by atoms with Gasteiger partial charge in [0.2, 0.25) is 5.91 Å². The van der Waals surface area contributed by atoms with Gasteiger partial charge in [0.05, 0.1) is 19.7 Å². The van der Waals surface area contributed by atoms with Gasteiger partial charge in [0.25, 0.3) is 0 Å². The van der Waals surface area contributed by atoms with Gasteiger partial charge in [-0.05, 0) is 30.9 Å². The highest BCUT2D eigenvalue weighted by atomic mass is 16.6. The number of ether oxygens (including phenoxy) is 3. The lowest BCUT2D eigenvalue weighted by atomic mass is 10.1. The molecule has 3 atom stereocenters. The van der Waals surface area contributed by atoms with Gasteiger partial charge in [-0.1, -0.05) is 6.07 Å². The first-order valence-electron chi connectivity index (χ1n) is 10.0. The van der Waals surface area contributed by atoms with E-state index in [1.807, 2.05) is 18.2 Å². The molecular weight excluding hydrogens is 374 g/mol. The van der Waals surface area contributed by atoms with Crippen LogP contribution in [0.5, 0.6) is 11.5 Å². The van der Waals surface area contributed by atoms with Gasteiger partial charge in [0, 0.05) is 32.1 Å². The van der Waals surface area contributed by atoms with Crippen LogP contribution in [0.4, 0.5) is 0 Å². The van der Waals surface area contributed by atoms with E-state index in [0.717, 1.165) is 31.4 Å². The number of methoxy groups -OCH3 is 1. The Bertz CT molecular complexity index is 836. The standard InChI is InChI=1S/C21H25N3O5/c1-27-21(26)19-9-14-4-5-16(10-18(14)29-19)28-17-6-8-23(12-17)13-20(25)24-7-2-3-15(24)11-22/h4-5,10,15,17,19H,2-3,6-9,12-13H2,1H3. The molecular formula is C21H25N3O5. The predicted octanol–water partition coefficient (Wildman–Crippen LogP) is 1.13. The highest BCUT2D eigenvalue weighted by Gasteiger charge is 2.33. The highest BCUT2D eigenvalue weighted by Crippen LogP contribution is 2.33. The first kappa shape index (κ1) is 19.5. The molecule has 0 N–H and O–H groups in total. The van der Waals surface area contributed by atoms with Crippen LogP contribution in [0.15, 0.2) is 18.2 Å². The molecule has 2 saturated heterocycles. The van der Waals surface area contributed by atoms with Crippen molar-refractivity contribution in [1.82, 2.24) is 9.80 Å². The third-order valence-electron chi connectivity index (χ3n) is 5.79. The Kier molecular flexibility index (Phi) is 5.58. The number of carbonyl (C=O) groups excluding carboxylic acids is 2. The van der Waals surface area contributed by atoms with E-state index in [1.54, 1.807) is 4.90 Å². The Balaban J connectivity index is 1.29. The molecule has 0 bridgehead atoms. The summed E-state index contributed by atoms with van der Waals surface area (Å²) in [7, 11) is 1.35. The molecule has 3 unspecified atom stereocenters. The van der Waals surface area contributed by atoms with E-state index in [4.69, 9.17) is 19.5 Å². The molecule has 0 aromatic heterocycles. The summed E-state index contributed by atoms with van der Waals surface area (Å²) in [4.78, 5) is 28.0. The largest absolute Gasteiger partial charge is 0.489 e. The second kappa shape index (κ2) is 8.29. The number of amides is 1. The van der Waals surface area contributed by atoms with Crippen molar-refractivity contribution < 1.29 is 23.8 Å². The van der Waals surface area contributed by atoms with E-state index in [-0.39, 0.29) is 24.0 Å². The first-order valence-corrected chi connectivity index (χ1v) is 10.0. The van der Waals surface area contributed by atoms with E-state index in [1.165, 1.54) is 7.11 Å². The molecule has 8 heteroatoms. The Morgan fingerprint density at radius 2 is 2.17 bits per heavy atom. The van der Waals surface area contributed by atoms with Crippen molar-refractivity contribution in [2.24, 2.45) is 0 Å². The number of benzene rings is 1. The van der Waals surface area contributed by atoms with Crippen LogP contribution in [-0.2, 0) is 20.7 Å². The van der Waals surface area contributed by atoms with Crippen molar-refractivity contribution in [2.45, 2.75) is 43.9 Å². The van der Waals surface area contributed by atoms with Crippen molar-refractivity contribution in [2.75, 3.05) is 33.3 Å². The van der Waals surface area contributed by atoms with Crippen molar-refractivity contribution in [3.8, 4) is 17.6 Å². The molecule has 8 nitrogen and oxygen atoms in total. The lowest BCUT2D eigenvalue weighted by molar-refractivity contribution is -0.147. The fraction of sp³-hybridized carbons (Fsp3) is 0.571. The summed E-state index contributed by atoms with van der Waals surface area (Å²) in [5.41, 5.74) is 0.962. The summed E-state index contributed by atoms with van der Waals surface area (Å²) >= 11 is 0. The van der Waals surface area contributed by atoms with E-state index in [9.17, 15) is 9.59 Å². The van der Waals surface area contributed by atoms with Crippen molar-refractivity contribution in [3.63, 3.8) is 0 Å². The zero-order valence-electron chi connectivity index (χ0n) is 16.5. The molecule has 29 heavy (non-hydrogen) atoms. The molecule has 2 fully saturated rings. The Hall–Kier alpha value is -2.79. The van der Waals surface area contributed by atoms with E-state index >= 15 is 0 Å². The molecule has 0 radical (unpaired) electrons. The Morgan fingerprint density at radius 3 is 2.97 bits per heavy atom. The predicted molar refractivity (Wildman–Crippen MR) is 102 cm³/mol. The fourth-order valence-electron chi connectivity index (χ4n) is 4.25. The zero-order valence-corrected chi connectivity index (χ0v) is 16.5. The third kappa shape index (κ3) is 4.15. The van der Waals surface area contributed by atoms with Crippen LogP contribution in [0, 0.1) is 11.3 Å². The highest BCUT2D eigenvalue weighted by molar-refractivity contribution is 5.79. The number of carbonyl (C=O) groups is 2. The molecule has 1 amide bonds. The average Bonchev–Trinajstić information content (AvgIpc) is 3.46. The minimum atomic E-state index is -0.596. The van der Waals surface area contributed by atoms with Gasteiger partial charge in [-0.2, -0.15) is 5.26 Å². The Labute approximate surface area is 169 Å². The fourth-order valence-corrected chi connectivity index (χ4v) is 4.25. The van der Waals surface area contributed by atoms with Crippen LogP contribution in [0.3, 0.4) is 0 Å².